The molecule has 0 bridgehead atoms. The van der Waals surface area contributed by atoms with E-state index in [0.717, 1.165) is 39.1 Å². The molecule has 3 nitrogen and oxygen atoms in total. The first-order valence-electron chi connectivity index (χ1n) is 15.8. The molecule has 0 amide bonds. The van der Waals surface area contributed by atoms with Gasteiger partial charge in [-0.25, -0.2) is 9.97 Å². The van der Waals surface area contributed by atoms with Crippen LogP contribution in [0, 0.1) is 0 Å². The quantitative estimate of drug-likeness (QED) is 0.190. The molecule has 0 aliphatic carbocycles. The number of aromatic nitrogens is 3. The lowest BCUT2D eigenvalue weighted by Crippen LogP contribution is -2.04. The highest BCUT2D eigenvalue weighted by atomic mass is 32.1. The summed E-state index contributed by atoms with van der Waals surface area (Å²) in [6.45, 7) is 0. The fourth-order valence-corrected chi connectivity index (χ4v) is 9.79. The van der Waals surface area contributed by atoms with Gasteiger partial charge in [0, 0.05) is 56.7 Å². The van der Waals surface area contributed by atoms with Crippen molar-refractivity contribution in [2.24, 2.45) is 0 Å². The van der Waals surface area contributed by atoms with E-state index in [1.807, 2.05) is 34.8 Å². The van der Waals surface area contributed by atoms with Crippen LogP contribution < -0.4 is 0 Å². The zero-order valence-corrected chi connectivity index (χ0v) is 26.6. The average molecular weight is 634 g/mol. The van der Waals surface area contributed by atoms with Crippen molar-refractivity contribution in [1.29, 1.82) is 0 Å². The van der Waals surface area contributed by atoms with Crippen LogP contribution in [0.5, 0.6) is 0 Å². The maximum absolute atomic E-state index is 5.48. The summed E-state index contributed by atoms with van der Waals surface area (Å²) in [5, 5.41) is 10.0. The molecule has 0 spiro atoms. The molecule has 0 saturated carbocycles. The highest BCUT2D eigenvalue weighted by Crippen LogP contribution is 2.45. The lowest BCUT2D eigenvalue weighted by atomic mass is 10.0. The molecular weight excluding hydrogens is 611 g/mol. The Morgan fingerprint density at radius 1 is 0.426 bits per heavy atom. The van der Waals surface area contributed by atoms with Crippen LogP contribution in [0.2, 0.25) is 0 Å². The minimum Gasteiger partial charge on any atom is -0.292 e. The minimum absolute atomic E-state index is 0.849. The second-order valence-corrected chi connectivity index (χ2v) is 14.3. The van der Waals surface area contributed by atoms with E-state index in [1.165, 1.54) is 61.9 Å². The monoisotopic (exact) mass is 633 g/mol. The predicted molar refractivity (Wildman–Crippen MR) is 203 cm³/mol. The van der Waals surface area contributed by atoms with Crippen LogP contribution in [0.1, 0.15) is 0 Å². The van der Waals surface area contributed by atoms with Gasteiger partial charge in [0.2, 0.25) is 0 Å². The van der Waals surface area contributed by atoms with Crippen molar-refractivity contribution in [2.75, 3.05) is 0 Å². The Morgan fingerprint density at radius 3 is 1.98 bits per heavy atom. The molecule has 7 aromatic carbocycles. The van der Waals surface area contributed by atoms with Crippen molar-refractivity contribution < 1.29 is 0 Å². The van der Waals surface area contributed by atoms with E-state index in [-0.39, 0.29) is 0 Å². The third-order valence-corrected chi connectivity index (χ3v) is 11.8. The molecule has 0 unspecified atom stereocenters. The van der Waals surface area contributed by atoms with Crippen LogP contribution in [0.25, 0.3) is 101 Å². The lowest BCUT2D eigenvalue weighted by molar-refractivity contribution is 1.08. The summed E-state index contributed by atoms with van der Waals surface area (Å²) >= 11 is 3.69. The van der Waals surface area contributed by atoms with Crippen molar-refractivity contribution in [2.45, 2.75) is 0 Å². The van der Waals surface area contributed by atoms with Crippen LogP contribution in [-0.4, -0.2) is 14.5 Å². The normalized spacial score (nSPS) is 12.3. The Morgan fingerprint density at radius 2 is 1.11 bits per heavy atom. The SMILES string of the molecule is c1ccc2c(c1)ccc1c2c2cc3c(cc2n1-c1nc2ccccc2nc1-c1cccc2sc4ccccc4c12)sc1ccccc13. The molecule has 0 fully saturated rings. The van der Waals surface area contributed by atoms with Gasteiger partial charge >= 0.3 is 0 Å². The molecule has 0 atom stereocenters. The number of nitrogens with zero attached hydrogens (tertiary/aromatic N) is 3. The van der Waals surface area contributed by atoms with E-state index in [2.05, 4.69) is 132 Å². The Balaban J connectivity index is 1.35. The Labute approximate surface area is 276 Å². The molecule has 0 saturated heterocycles. The van der Waals surface area contributed by atoms with Crippen LogP contribution >= 0.6 is 22.7 Å². The number of benzene rings is 7. The Hall–Kier alpha value is -5.62. The number of hydrogen-bond donors (Lipinski definition) is 0. The van der Waals surface area contributed by atoms with Crippen molar-refractivity contribution in [3.05, 3.63) is 140 Å². The lowest BCUT2D eigenvalue weighted by Gasteiger charge is -2.15. The van der Waals surface area contributed by atoms with Gasteiger partial charge in [0.1, 0.15) is 5.69 Å². The van der Waals surface area contributed by atoms with E-state index in [4.69, 9.17) is 9.97 Å². The molecule has 218 valence electrons. The third kappa shape index (κ3) is 3.55. The van der Waals surface area contributed by atoms with Crippen molar-refractivity contribution in [1.82, 2.24) is 14.5 Å². The van der Waals surface area contributed by atoms with Crippen LogP contribution in [0.4, 0.5) is 0 Å². The smallest absolute Gasteiger partial charge is 0.165 e. The van der Waals surface area contributed by atoms with Crippen LogP contribution in [0.15, 0.2) is 140 Å². The summed E-state index contributed by atoms with van der Waals surface area (Å²) in [5.74, 6) is 0.849. The third-order valence-electron chi connectivity index (χ3n) is 9.57. The van der Waals surface area contributed by atoms with Gasteiger partial charge in [0.05, 0.1) is 22.1 Å². The maximum Gasteiger partial charge on any atom is 0.165 e. The van der Waals surface area contributed by atoms with E-state index in [0.29, 0.717) is 0 Å². The van der Waals surface area contributed by atoms with Crippen molar-refractivity contribution >= 4 is 107 Å². The average Bonchev–Trinajstić information content (AvgIpc) is 3.79. The largest absolute Gasteiger partial charge is 0.292 e. The molecule has 5 heteroatoms. The first-order valence-corrected chi connectivity index (χ1v) is 17.4. The maximum atomic E-state index is 5.48. The van der Waals surface area contributed by atoms with Gasteiger partial charge in [0.25, 0.3) is 0 Å². The van der Waals surface area contributed by atoms with Gasteiger partial charge in [-0.15, -0.1) is 22.7 Å². The molecule has 0 N–H and O–H groups in total. The zero-order valence-electron chi connectivity index (χ0n) is 24.9. The fraction of sp³-hybridized carbons (Fsp3) is 0. The molecule has 4 heterocycles. The molecule has 0 radical (unpaired) electrons. The highest BCUT2D eigenvalue weighted by Gasteiger charge is 2.23. The molecule has 0 aliphatic heterocycles. The summed E-state index contributed by atoms with van der Waals surface area (Å²) in [6, 6.07) is 50.3. The summed E-state index contributed by atoms with van der Waals surface area (Å²) in [6.07, 6.45) is 0. The molecular formula is C42H23N3S2. The van der Waals surface area contributed by atoms with Gasteiger partial charge in [0.15, 0.2) is 5.82 Å². The van der Waals surface area contributed by atoms with Crippen molar-refractivity contribution in [3.8, 4) is 17.1 Å². The number of para-hydroxylation sites is 2. The second-order valence-electron chi connectivity index (χ2n) is 12.1. The number of fused-ring (bicyclic) bond motifs is 12. The molecule has 47 heavy (non-hydrogen) atoms. The van der Waals surface area contributed by atoms with E-state index in [9.17, 15) is 0 Å². The first kappa shape index (κ1) is 25.6. The molecule has 4 aromatic heterocycles. The van der Waals surface area contributed by atoms with Gasteiger partial charge < -0.3 is 0 Å². The van der Waals surface area contributed by atoms with Crippen LogP contribution in [-0.2, 0) is 0 Å². The summed E-state index contributed by atoms with van der Waals surface area (Å²) in [5.41, 5.74) is 6.04. The van der Waals surface area contributed by atoms with Gasteiger partial charge in [-0.05, 0) is 59.3 Å². The Bertz CT molecular complexity index is 3090. The second kappa shape index (κ2) is 9.46. The van der Waals surface area contributed by atoms with E-state index >= 15 is 0 Å². The minimum atomic E-state index is 0.849. The Kier molecular flexibility index (Phi) is 5.14. The topological polar surface area (TPSA) is 30.7 Å². The zero-order chi connectivity index (χ0) is 30.6. The molecule has 11 rings (SSSR count). The first-order chi connectivity index (χ1) is 23.3. The van der Waals surface area contributed by atoms with Gasteiger partial charge in [-0.2, -0.15) is 0 Å². The number of rotatable bonds is 2. The molecule has 11 aromatic rings. The van der Waals surface area contributed by atoms with E-state index < -0.39 is 0 Å². The predicted octanol–water partition coefficient (Wildman–Crippen LogP) is 12.3. The highest BCUT2D eigenvalue weighted by molar-refractivity contribution is 7.26. The van der Waals surface area contributed by atoms with Crippen LogP contribution in [0.3, 0.4) is 0 Å². The molecule has 0 aliphatic rings. The van der Waals surface area contributed by atoms with Gasteiger partial charge in [-0.1, -0.05) is 91.0 Å². The van der Waals surface area contributed by atoms with Gasteiger partial charge in [-0.3, -0.25) is 4.57 Å². The van der Waals surface area contributed by atoms with Crippen molar-refractivity contribution in [3.63, 3.8) is 0 Å². The summed E-state index contributed by atoms with van der Waals surface area (Å²) < 4.78 is 7.49. The standard InChI is InChI=1S/C42H23N3S2/c1-2-11-25-24(10-1)20-21-33-39(25)30-22-29-26-12-3-7-17-35(26)47-38(29)23-34(30)45(33)42-41(43-31-15-5-6-16-32(31)44-42)28-14-9-19-37-40(28)27-13-4-8-18-36(27)46-37/h1-23H. The van der Waals surface area contributed by atoms with E-state index in [1.54, 1.807) is 0 Å². The number of thiophene rings is 2. The fourth-order valence-electron chi connectivity index (χ4n) is 7.53. The number of hydrogen-bond acceptors (Lipinski definition) is 4. The summed E-state index contributed by atoms with van der Waals surface area (Å²) in [7, 11) is 0. The summed E-state index contributed by atoms with van der Waals surface area (Å²) in [4.78, 5) is 10.9.